The van der Waals surface area contributed by atoms with Gasteiger partial charge in [-0.15, -0.1) is 0 Å². The summed E-state index contributed by atoms with van der Waals surface area (Å²) in [6.45, 7) is -0.454. The maximum absolute atomic E-state index is 13.0. The van der Waals surface area contributed by atoms with E-state index < -0.39 is 12.5 Å². The Morgan fingerprint density at radius 1 is 1.35 bits per heavy atom. The van der Waals surface area contributed by atoms with Crippen LogP contribution in [-0.4, -0.2) is 46.2 Å². The molecular weight excluding hydrogens is 410 g/mol. The number of methoxy groups -OCH3 is 1. The molecule has 3 aromatic rings. The first-order valence-corrected chi connectivity index (χ1v) is 9.73. The number of hydrogen-bond acceptors (Lipinski definition) is 6. The Morgan fingerprint density at radius 2 is 2.16 bits per heavy atom. The van der Waals surface area contributed by atoms with E-state index in [9.17, 15) is 13.6 Å². The fourth-order valence-corrected chi connectivity index (χ4v) is 4.63. The number of nitrogens with one attached hydrogen (secondary N) is 1. The van der Waals surface area contributed by atoms with Crippen LogP contribution in [-0.2, 0) is 10.2 Å². The molecule has 0 spiro atoms. The van der Waals surface area contributed by atoms with Crippen molar-refractivity contribution in [2.24, 2.45) is 0 Å². The van der Waals surface area contributed by atoms with Crippen molar-refractivity contribution in [1.29, 1.82) is 0 Å². The quantitative estimate of drug-likeness (QED) is 0.645. The number of aromatic nitrogens is 3. The highest BCUT2D eigenvalue weighted by Gasteiger charge is 2.61. The van der Waals surface area contributed by atoms with Crippen molar-refractivity contribution in [1.82, 2.24) is 14.4 Å². The number of amides is 1. The number of ether oxygens (including phenoxy) is 3. The molecule has 1 amide bonds. The number of halogens is 2. The third-order valence-corrected chi connectivity index (χ3v) is 5.89. The van der Waals surface area contributed by atoms with Crippen LogP contribution in [0.2, 0.25) is 0 Å². The fraction of sp³-hybridized carbons (Fsp3) is 0.381. The van der Waals surface area contributed by atoms with Crippen molar-refractivity contribution in [2.75, 3.05) is 19.0 Å². The smallest absolute Gasteiger partial charge is 0.387 e. The van der Waals surface area contributed by atoms with Crippen LogP contribution in [0.5, 0.6) is 11.6 Å². The van der Waals surface area contributed by atoms with Gasteiger partial charge in [-0.3, -0.25) is 4.79 Å². The third-order valence-electron chi connectivity index (χ3n) is 5.89. The largest absolute Gasteiger partial charge is 0.480 e. The van der Waals surface area contributed by atoms with Crippen LogP contribution >= 0.6 is 0 Å². The first kappa shape index (κ1) is 19.7. The number of carbonyl (C=O) groups excluding carboxylic acids is 1. The van der Waals surface area contributed by atoms with Gasteiger partial charge in [0.1, 0.15) is 17.1 Å². The van der Waals surface area contributed by atoms with Crippen molar-refractivity contribution in [3.63, 3.8) is 0 Å². The zero-order valence-electron chi connectivity index (χ0n) is 16.9. The predicted octanol–water partition coefficient (Wildman–Crippen LogP) is 3.41. The van der Waals surface area contributed by atoms with Crippen LogP contribution in [0.25, 0.3) is 5.65 Å². The van der Waals surface area contributed by atoms with Crippen LogP contribution in [0, 0.1) is 0 Å². The van der Waals surface area contributed by atoms with Gasteiger partial charge in [0.2, 0.25) is 5.88 Å². The minimum atomic E-state index is -3.09. The highest BCUT2D eigenvalue weighted by molar-refractivity contribution is 6.06. The van der Waals surface area contributed by atoms with Gasteiger partial charge in [0.15, 0.2) is 0 Å². The summed E-state index contributed by atoms with van der Waals surface area (Å²) in [7, 11) is 1.42. The highest BCUT2D eigenvalue weighted by atomic mass is 19.3. The second kappa shape index (κ2) is 6.88. The Kier molecular flexibility index (Phi) is 4.37. The molecule has 8 nitrogen and oxygen atoms in total. The molecule has 0 atom stereocenters. The molecule has 31 heavy (non-hydrogen) atoms. The molecule has 0 radical (unpaired) electrons. The molecule has 3 aliphatic rings. The van der Waals surface area contributed by atoms with Crippen molar-refractivity contribution >= 4 is 17.2 Å². The summed E-state index contributed by atoms with van der Waals surface area (Å²) >= 11 is 0. The molecular formula is C21H20F2N4O4. The van der Waals surface area contributed by atoms with E-state index in [1.54, 1.807) is 16.5 Å². The first-order valence-electron chi connectivity index (χ1n) is 9.73. The second-order valence-corrected chi connectivity index (χ2v) is 8.21. The molecule has 10 heteroatoms. The number of anilines is 1. The molecule has 2 saturated heterocycles. The van der Waals surface area contributed by atoms with Crippen molar-refractivity contribution < 1.29 is 27.8 Å². The monoisotopic (exact) mass is 430 g/mol. The minimum absolute atomic E-state index is 0.0683. The highest BCUT2D eigenvalue weighted by Crippen LogP contribution is 2.58. The molecule has 1 N–H and O–H groups in total. The Balaban J connectivity index is 1.52. The lowest BCUT2D eigenvalue weighted by Crippen LogP contribution is -2.45. The maximum atomic E-state index is 13.0. The molecule has 2 bridgehead atoms. The molecule has 6 rings (SSSR count). The van der Waals surface area contributed by atoms with Gasteiger partial charge in [0.25, 0.3) is 5.91 Å². The van der Waals surface area contributed by atoms with Crippen LogP contribution in [0.15, 0.2) is 36.8 Å². The summed E-state index contributed by atoms with van der Waals surface area (Å²) in [5.74, 6) is -0.706. The normalized spacial score (nSPS) is 24.3. The number of imidazole rings is 1. The topological polar surface area (TPSA) is 87.0 Å². The van der Waals surface area contributed by atoms with Gasteiger partial charge >= 0.3 is 6.61 Å². The lowest BCUT2D eigenvalue weighted by Gasteiger charge is -2.41. The number of pyridine rings is 2. The van der Waals surface area contributed by atoms with Gasteiger partial charge in [-0.05, 0) is 31.9 Å². The number of fused-ring (bicyclic) bond motifs is 2. The second-order valence-electron chi connectivity index (χ2n) is 8.21. The lowest BCUT2D eigenvalue weighted by molar-refractivity contribution is -0.0501. The Hall–Kier alpha value is -3.27. The lowest BCUT2D eigenvalue weighted by atomic mass is 9.62. The van der Waals surface area contributed by atoms with E-state index in [0.717, 1.165) is 18.5 Å². The first-order chi connectivity index (χ1) is 14.8. The van der Waals surface area contributed by atoms with E-state index in [1.807, 2.05) is 6.20 Å². The molecule has 0 unspecified atom stereocenters. The molecule has 5 heterocycles. The van der Waals surface area contributed by atoms with Gasteiger partial charge in [0.05, 0.1) is 30.6 Å². The average molecular weight is 430 g/mol. The number of nitrogens with zero attached hydrogens (tertiary/aromatic N) is 3. The van der Waals surface area contributed by atoms with E-state index >= 15 is 0 Å². The van der Waals surface area contributed by atoms with E-state index in [2.05, 4.69) is 26.9 Å². The summed E-state index contributed by atoms with van der Waals surface area (Å²) in [4.78, 5) is 21.6. The predicted molar refractivity (Wildman–Crippen MR) is 106 cm³/mol. The van der Waals surface area contributed by atoms with Crippen molar-refractivity contribution in [3.05, 3.63) is 48.0 Å². The van der Waals surface area contributed by atoms with Crippen LogP contribution < -0.4 is 14.8 Å². The van der Waals surface area contributed by atoms with Gasteiger partial charge in [-0.25, -0.2) is 9.97 Å². The molecule has 2 aliphatic heterocycles. The summed E-state index contributed by atoms with van der Waals surface area (Å²) in [6, 6.07) is 4.56. The van der Waals surface area contributed by atoms with Crippen molar-refractivity contribution in [2.45, 2.75) is 37.4 Å². The number of carbonyl (C=O) groups is 1. The summed E-state index contributed by atoms with van der Waals surface area (Å²) in [5, 5.41) is 2.63. The fourth-order valence-electron chi connectivity index (χ4n) is 4.63. The molecule has 3 fully saturated rings. The SMILES string of the molecule is COc1ncccc1NC(=O)c1cn2cc(C34COC(C)(C3)C4)nc2cc1OC(F)F. The Bertz CT molecular complexity index is 1170. The average Bonchev–Trinajstić information content (AvgIpc) is 3.37. The maximum Gasteiger partial charge on any atom is 0.387 e. The van der Waals surface area contributed by atoms with E-state index in [0.29, 0.717) is 17.9 Å². The zero-order chi connectivity index (χ0) is 21.8. The number of rotatable bonds is 6. The summed E-state index contributed by atoms with van der Waals surface area (Å²) < 4.78 is 43.3. The molecule has 3 aromatic heterocycles. The summed E-state index contributed by atoms with van der Waals surface area (Å²) in [5.41, 5.74) is 1.18. The van der Waals surface area contributed by atoms with E-state index in [4.69, 9.17) is 9.47 Å². The van der Waals surface area contributed by atoms with Gasteiger partial charge < -0.3 is 23.9 Å². The number of hydrogen-bond donors (Lipinski definition) is 1. The van der Waals surface area contributed by atoms with Crippen LogP contribution in [0.3, 0.4) is 0 Å². The van der Waals surface area contributed by atoms with Crippen LogP contribution in [0.1, 0.15) is 35.8 Å². The number of alkyl halides is 2. The minimum Gasteiger partial charge on any atom is -0.480 e. The molecule has 0 aromatic carbocycles. The van der Waals surface area contributed by atoms with Gasteiger partial charge in [0, 0.05) is 30.1 Å². The Morgan fingerprint density at radius 3 is 2.84 bits per heavy atom. The zero-order valence-corrected chi connectivity index (χ0v) is 16.9. The Labute approximate surface area is 176 Å². The van der Waals surface area contributed by atoms with Crippen LogP contribution in [0.4, 0.5) is 14.5 Å². The van der Waals surface area contributed by atoms with E-state index in [1.165, 1.54) is 25.6 Å². The molecule has 162 valence electrons. The molecule has 1 saturated carbocycles. The van der Waals surface area contributed by atoms with E-state index in [-0.39, 0.29) is 28.2 Å². The van der Waals surface area contributed by atoms with Gasteiger partial charge in [-0.2, -0.15) is 8.78 Å². The standard InChI is InChI=1S/C21H20F2N4O4/c1-20-9-21(10-20,11-30-20)15-8-27-7-12(14(31-19(22)23)6-16(27)26-15)17(28)25-13-4-3-5-24-18(13)29-2/h3-8,19H,9-11H2,1-2H3,(H,25,28). The third kappa shape index (κ3) is 3.27. The van der Waals surface area contributed by atoms with Gasteiger partial charge in [-0.1, -0.05) is 0 Å². The molecule has 1 aliphatic carbocycles. The van der Waals surface area contributed by atoms with Crippen molar-refractivity contribution in [3.8, 4) is 11.6 Å². The summed E-state index contributed by atoms with van der Waals surface area (Å²) in [6.07, 6.45) is 6.48.